The van der Waals surface area contributed by atoms with E-state index in [2.05, 4.69) is 19.9 Å². The molecule has 2 aromatic rings. The first-order chi connectivity index (χ1) is 9.24. The summed E-state index contributed by atoms with van der Waals surface area (Å²) in [6.07, 6.45) is 1.91. The number of hydrogen-bond acceptors (Lipinski definition) is 2. The zero-order chi connectivity index (χ0) is 13.7. The standard InChI is InChI=1S/C17H21NO/c1-3-13-7-5-6-8-17(13)19-15-11-9-14(10-12-15)16(18)4-2/h5-12,16H,3-4,18H2,1-2H3. The Labute approximate surface area is 115 Å². The fourth-order valence-electron chi connectivity index (χ4n) is 2.04. The highest BCUT2D eigenvalue weighted by molar-refractivity contribution is 5.38. The highest BCUT2D eigenvalue weighted by atomic mass is 16.5. The molecule has 2 aromatic carbocycles. The third-order valence-corrected chi connectivity index (χ3v) is 3.33. The van der Waals surface area contributed by atoms with Gasteiger partial charge in [-0.1, -0.05) is 44.2 Å². The highest BCUT2D eigenvalue weighted by Crippen LogP contribution is 2.26. The van der Waals surface area contributed by atoms with Gasteiger partial charge in [-0.05, 0) is 42.2 Å². The number of nitrogens with two attached hydrogens (primary N) is 1. The lowest BCUT2D eigenvalue weighted by molar-refractivity contribution is 0.476. The van der Waals surface area contributed by atoms with E-state index in [1.807, 2.05) is 42.5 Å². The van der Waals surface area contributed by atoms with Crippen molar-refractivity contribution in [1.29, 1.82) is 0 Å². The van der Waals surface area contributed by atoms with Crippen LogP contribution in [0.3, 0.4) is 0 Å². The number of rotatable bonds is 5. The van der Waals surface area contributed by atoms with Crippen molar-refractivity contribution in [2.75, 3.05) is 0 Å². The van der Waals surface area contributed by atoms with Crippen LogP contribution in [0.25, 0.3) is 0 Å². The largest absolute Gasteiger partial charge is 0.457 e. The first-order valence-corrected chi connectivity index (χ1v) is 6.85. The Balaban J connectivity index is 2.15. The Morgan fingerprint density at radius 1 is 1.00 bits per heavy atom. The molecule has 2 rings (SSSR count). The molecular formula is C17H21NO. The third-order valence-electron chi connectivity index (χ3n) is 3.33. The lowest BCUT2D eigenvalue weighted by Gasteiger charge is -2.12. The minimum absolute atomic E-state index is 0.108. The number of hydrogen-bond donors (Lipinski definition) is 1. The lowest BCUT2D eigenvalue weighted by Crippen LogP contribution is -2.08. The predicted molar refractivity (Wildman–Crippen MR) is 79.6 cm³/mol. The zero-order valence-corrected chi connectivity index (χ0v) is 11.6. The molecule has 0 saturated heterocycles. The number of ether oxygens (including phenoxy) is 1. The SMILES string of the molecule is CCc1ccccc1Oc1ccc(C(N)CC)cc1. The van der Waals surface area contributed by atoms with Crippen molar-refractivity contribution in [2.24, 2.45) is 5.73 Å². The molecule has 2 N–H and O–H groups in total. The second-order valence-corrected chi connectivity index (χ2v) is 4.65. The predicted octanol–water partition coefficient (Wildman–Crippen LogP) is 4.45. The Morgan fingerprint density at radius 2 is 1.68 bits per heavy atom. The quantitative estimate of drug-likeness (QED) is 0.856. The molecule has 19 heavy (non-hydrogen) atoms. The third kappa shape index (κ3) is 3.36. The molecule has 0 fully saturated rings. The van der Waals surface area contributed by atoms with Crippen molar-refractivity contribution in [3.05, 3.63) is 59.7 Å². The Bertz CT molecular complexity index is 519. The maximum atomic E-state index is 6.00. The van der Waals surface area contributed by atoms with Crippen molar-refractivity contribution in [1.82, 2.24) is 0 Å². The van der Waals surface area contributed by atoms with Crippen LogP contribution in [0.15, 0.2) is 48.5 Å². The lowest BCUT2D eigenvalue weighted by atomic mass is 10.1. The van der Waals surface area contributed by atoms with Crippen LogP contribution in [0.2, 0.25) is 0 Å². The smallest absolute Gasteiger partial charge is 0.130 e. The van der Waals surface area contributed by atoms with Gasteiger partial charge >= 0.3 is 0 Å². The summed E-state index contributed by atoms with van der Waals surface area (Å²) in [4.78, 5) is 0. The van der Waals surface area contributed by atoms with E-state index in [-0.39, 0.29) is 6.04 Å². The summed E-state index contributed by atoms with van der Waals surface area (Å²) in [5, 5.41) is 0. The van der Waals surface area contributed by atoms with Gasteiger partial charge in [-0.3, -0.25) is 0 Å². The molecular weight excluding hydrogens is 234 g/mol. The summed E-state index contributed by atoms with van der Waals surface area (Å²) in [6, 6.07) is 16.3. The molecule has 0 bridgehead atoms. The average molecular weight is 255 g/mol. The van der Waals surface area contributed by atoms with Gasteiger partial charge in [-0.25, -0.2) is 0 Å². The summed E-state index contributed by atoms with van der Waals surface area (Å²) in [6.45, 7) is 4.22. The molecule has 0 aliphatic heterocycles. The Hall–Kier alpha value is -1.80. The van der Waals surface area contributed by atoms with Gasteiger partial charge in [0.25, 0.3) is 0 Å². The Kier molecular flexibility index (Phi) is 4.58. The van der Waals surface area contributed by atoms with Crippen molar-refractivity contribution < 1.29 is 4.74 Å². The normalized spacial score (nSPS) is 12.2. The molecule has 0 aromatic heterocycles. The van der Waals surface area contributed by atoms with Gasteiger partial charge in [0.1, 0.15) is 11.5 Å². The average Bonchev–Trinajstić information content (AvgIpc) is 2.48. The van der Waals surface area contributed by atoms with Crippen LogP contribution in [0.5, 0.6) is 11.5 Å². The Morgan fingerprint density at radius 3 is 2.32 bits per heavy atom. The van der Waals surface area contributed by atoms with Crippen LogP contribution in [-0.4, -0.2) is 0 Å². The summed E-state index contributed by atoms with van der Waals surface area (Å²) < 4.78 is 5.93. The number of para-hydroxylation sites is 1. The van der Waals surface area contributed by atoms with Crippen LogP contribution in [0.4, 0.5) is 0 Å². The fourth-order valence-corrected chi connectivity index (χ4v) is 2.04. The molecule has 1 unspecified atom stereocenters. The van der Waals surface area contributed by atoms with Gasteiger partial charge in [0.2, 0.25) is 0 Å². The van der Waals surface area contributed by atoms with E-state index in [1.54, 1.807) is 0 Å². The maximum Gasteiger partial charge on any atom is 0.130 e. The molecule has 0 radical (unpaired) electrons. The van der Waals surface area contributed by atoms with Crippen LogP contribution in [0.1, 0.15) is 37.4 Å². The molecule has 2 heteroatoms. The minimum atomic E-state index is 0.108. The first-order valence-electron chi connectivity index (χ1n) is 6.85. The van der Waals surface area contributed by atoms with Crippen LogP contribution in [0, 0.1) is 0 Å². The molecule has 0 saturated carbocycles. The fraction of sp³-hybridized carbons (Fsp3) is 0.294. The van der Waals surface area contributed by atoms with Crippen molar-refractivity contribution in [3.63, 3.8) is 0 Å². The molecule has 0 spiro atoms. The molecule has 2 nitrogen and oxygen atoms in total. The maximum absolute atomic E-state index is 6.00. The highest BCUT2D eigenvalue weighted by Gasteiger charge is 2.05. The van der Waals surface area contributed by atoms with Crippen molar-refractivity contribution >= 4 is 0 Å². The van der Waals surface area contributed by atoms with E-state index in [0.29, 0.717) is 0 Å². The molecule has 0 aliphatic carbocycles. The van der Waals surface area contributed by atoms with Gasteiger partial charge < -0.3 is 10.5 Å². The first kappa shape index (κ1) is 13.6. The second-order valence-electron chi connectivity index (χ2n) is 4.65. The van der Waals surface area contributed by atoms with E-state index >= 15 is 0 Å². The number of aryl methyl sites for hydroxylation is 1. The summed E-state index contributed by atoms with van der Waals surface area (Å²) in [5.74, 6) is 1.78. The summed E-state index contributed by atoms with van der Waals surface area (Å²) in [7, 11) is 0. The zero-order valence-electron chi connectivity index (χ0n) is 11.6. The summed E-state index contributed by atoms with van der Waals surface area (Å²) in [5.41, 5.74) is 8.37. The van der Waals surface area contributed by atoms with Gasteiger partial charge in [-0.15, -0.1) is 0 Å². The molecule has 0 aliphatic rings. The van der Waals surface area contributed by atoms with Gasteiger partial charge in [0, 0.05) is 6.04 Å². The monoisotopic (exact) mass is 255 g/mol. The second kappa shape index (κ2) is 6.39. The van der Waals surface area contributed by atoms with Crippen LogP contribution in [-0.2, 0) is 6.42 Å². The van der Waals surface area contributed by atoms with Crippen molar-refractivity contribution in [3.8, 4) is 11.5 Å². The van der Waals surface area contributed by atoms with E-state index in [1.165, 1.54) is 5.56 Å². The minimum Gasteiger partial charge on any atom is -0.457 e. The molecule has 100 valence electrons. The molecule has 0 heterocycles. The van der Waals surface area contributed by atoms with E-state index in [9.17, 15) is 0 Å². The van der Waals surface area contributed by atoms with E-state index in [0.717, 1.165) is 29.9 Å². The number of benzene rings is 2. The van der Waals surface area contributed by atoms with Crippen molar-refractivity contribution in [2.45, 2.75) is 32.7 Å². The topological polar surface area (TPSA) is 35.2 Å². The van der Waals surface area contributed by atoms with Gasteiger partial charge in [-0.2, -0.15) is 0 Å². The summed E-state index contributed by atoms with van der Waals surface area (Å²) >= 11 is 0. The van der Waals surface area contributed by atoms with Gasteiger partial charge in [0.05, 0.1) is 0 Å². The van der Waals surface area contributed by atoms with E-state index < -0.39 is 0 Å². The van der Waals surface area contributed by atoms with Gasteiger partial charge in [0.15, 0.2) is 0 Å². The van der Waals surface area contributed by atoms with E-state index in [4.69, 9.17) is 10.5 Å². The van der Waals surface area contributed by atoms with Crippen LogP contribution >= 0.6 is 0 Å². The molecule has 1 atom stereocenters. The van der Waals surface area contributed by atoms with Crippen LogP contribution < -0.4 is 10.5 Å². The molecule has 0 amide bonds.